The molecule has 1 aromatic rings. The largest absolute Gasteiger partial charge is 0.495 e. The number of benzene rings is 1. The number of aryl methyl sites for hydroxylation is 1. The Labute approximate surface area is 128 Å². The van der Waals surface area contributed by atoms with E-state index in [0.29, 0.717) is 11.0 Å². The topological polar surface area (TPSA) is 38.7 Å². The molecule has 2 rings (SSSR count). The molecular weight excluding hydrogens is 296 g/mol. The summed E-state index contributed by atoms with van der Waals surface area (Å²) in [5.41, 5.74) is -0.595. The highest BCUT2D eigenvalue weighted by Crippen LogP contribution is 2.37. The highest BCUT2D eigenvalue weighted by molar-refractivity contribution is 6.62. The molecule has 1 fully saturated rings. The summed E-state index contributed by atoms with van der Waals surface area (Å²) in [4.78, 5) is 0. The van der Waals surface area contributed by atoms with Gasteiger partial charge in [0.05, 0.1) is 11.2 Å². The lowest BCUT2D eigenvalue weighted by molar-refractivity contribution is -0.194. The summed E-state index contributed by atoms with van der Waals surface area (Å²) in [6.45, 7) is 9.17. The van der Waals surface area contributed by atoms with Crippen LogP contribution in [0.1, 0.15) is 38.8 Å². The summed E-state index contributed by atoms with van der Waals surface area (Å²) in [5.74, 6) is -3.70. The molecule has 1 N–H and O–H groups in total. The van der Waals surface area contributed by atoms with Gasteiger partial charge in [0.1, 0.15) is 0 Å². The maximum absolute atomic E-state index is 13.8. The Bertz CT molecular complexity index is 557. The number of aliphatic hydroxyl groups is 1. The van der Waals surface area contributed by atoms with Gasteiger partial charge in [-0.2, -0.15) is 0 Å². The predicted octanol–water partition coefficient (Wildman–Crippen LogP) is 2.67. The second kappa shape index (κ2) is 5.25. The van der Waals surface area contributed by atoms with E-state index in [1.807, 2.05) is 27.7 Å². The van der Waals surface area contributed by atoms with Crippen molar-refractivity contribution >= 4 is 12.6 Å². The molecule has 3 nitrogen and oxygen atoms in total. The normalized spacial score (nSPS) is 22.9. The second-order valence-electron chi connectivity index (χ2n) is 6.63. The zero-order chi connectivity index (χ0) is 16.9. The van der Waals surface area contributed by atoms with Gasteiger partial charge in [-0.15, -0.1) is 0 Å². The van der Waals surface area contributed by atoms with Crippen LogP contribution in [0.4, 0.5) is 13.2 Å². The van der Waals surface area contributed by atoms with E-state index >= 15 is 0 Å². The van der Waals surface area contributed by atoms with Crippen LogP contribution in [0.2, 0.25) is 0 Å². The average molecular weight is 316 g/mol. The van der Waals surface area contributed by atoms with Crippen molar-refractivity contribution in [1.29, 1.82) is 0 Å². The Hall–Kier alpha value is -1.05. The molecule has 122 valence electrons. The van der Waals surface area contributed by atoms with Gasteiger partial charge in [-0.25, -0.2) is 13.2 Å². The smallest absolute Gasteiger partial charge is 0.399 e. The monoisotopic (exact) mass is 316 g/mol. The molecule has 0 spiro atoms. The molecule has 1 atom stereocenters. The Morgan fingerprint density at radius 1 is 1.14 bits per heavy atom. The molecular formula is C15H20BF3O3. The summed E-state index contributed by atoms with van der Waals surface area (Å²) in [6.07, 6.45) is -3.54. The number of rotatable bonds is 3. The van der Waals surface area contributed by atoms with Crippen molar-refractivity contribution in [1.82, 2.24) is 0 Å². The van der Waals surface area contributed by atoms with E-state index in [1.165, 1.54) is 12.1 Å². The van der Waals surface area contributed by atoms with Gasteiger partial charge < -0.3 is 14.4 Å². The number of alkyl halides is 3. The van der Waals surface area contributed by atoms with Crippen molar-refractivity contribution in [3.8, 4) is 0 Å². The lowest BCUT2D eigenvalue weighted by Crippen LogP contribution is -2.41. The van der Waals surface area contributed by atoms with Crippen LogP contribution in [-0.4, -0.2) is 29.9 Å². The summed E-state index contributed by atoms with van der Waals surface area (Å²) < 4.78 is 50.8. The van der Waals surface area contributed by atoms with Crippen LogP contribution in [0.3, 0.4) is 0 Å². The minimum atomic E-state index is -3.70. The standard InChI is InChI=1S/C15H20BF3O3/c1-9-6-7-10(15(19,20)12(17)18)8-11(9)16-21-13(2,3)14(4,5)22-16/h6-8,12,20H,1-5H3. The molecule has 1 heterocycles. The van der Waals surface area contributed by atoms with Crippen LogP contribution in [0, 0.1) is 6.92 Å². The molecule has 7 heteroatoms. The molecule has 1 aromatic carbocycles. The summed E-state index contributed by atoms with van der Waals surface area (Å²) >= 11 is 0. The first-order chi connectivity index (χ1) is 9.88. The maximum Gasteiger partial charge on any atom is 0.495 e. The second-order valence-corrected chi connectivity index (χ2v) is 6.63. The highest BCUT2D eigenvalue weighted by Gasteiger charge is 2.52. The Morgan fingerprint density at radius 2 is 1.64 bits per heavy atom. The molecule has 0 saturated carbocycles. The molecule has 0 radical (unpaired) electrons. The fourth-order valence-corrected chi connectivity index (χ4v) is 2.21. The quantitative estimate of drug-likeness (QED) is 0.872. The van der Waals surface area contributed by atoms with E-state index < -0.39 is 36.2 Å². The first-order valence-corrected chi connectivity index (χ1v) is 7.04. The molecule has 0 amide bonds. The van der Waals surface area contributed by atoms with Crippen LogP contribution < -0.4 is 5.46 Å². The fraction of sp³-hybridized carbons (Fsp3) is 0.600. The van der Waals surface area contributed by atoms with Gasteiger partial charge in [0.15, 0.2) is 0 Å². The molecule has 1 aliphatic rings. The number of hydrogen-bond donors (Lipinski definition) is 1. The van der Waals surface area contributed by atoms with Crippen molar-refractivity contribution in [2.45, 2.75) is 58.1 Å². The summed E-state index contributed by atoms with van der Waals surface area (Å²) in [6, 6.07) is 3.77. The zero-order valence-electron chi connectivity index (χ0n) is 13.3. The van der Waals surface area contributed by atoms with Crippen LogP contribution >= 0.6 is 0 Å². The van der Waals surface area contributed by atoms with E-state index in [2.05, 4.69) is 0 Å². The Kier molecular flexibility index (Phi) is 4.13. The highest BCUT2D eigenvalue weighted by atomic mass is 19.3. The molecule has 1 aliphatic heterocycles. The minimum absolute atomic E-state index is 0.424. The lowest BCUT2D eigenvalue weighted by atomic mass is 9.75. The molecule has 0 aliphatic carbocycles. The van der Waals surface area contributed by atoms with Crippen LogP contribution in [-0.2, 0) is 15.2 Å². The van der Waals surface area contributed by atoms with E-state index in [0.717, 1.165) is 6.07 Å². The van der Waals surface area contributed by atoms with Crippen molar-refractivity contribution < 1.29 is 27.6 Å². The van der Waals surface area contributed by atoms with Crippen molar-refractivity contribution in [3.63, 3.8) is 0 Å². The van der Waals surface area contributed by atoms with Crippen molar-refractivity contribution in [2.24, 2.45) is 0 Å². The maximum atomic E-state index is 13.8. The van der Waals surface area contributed by atoms with Gasteiger partial charge in [0, 0.05) is 5.56 Å². The third-order valence-corrected chi connectivity index (χ3v) is 4.48. The van der Waals surface area contributed by atoms with Crippen molar-refractivity contribution in [3.05, 3.63) is 29.3 Å². The van der Waals surface area contributed by atoms with Gasteiger partial charge >= 0.3 is 13.5 Å². The van der Waals surface area contributed by atoms with Crippen molar-refractivity contribution in [2.75, 3.05) is 0 Å². The van der Waals surface area contributed by atoms with Gasteiger partial charge in [0.25, 0.3) is 5.85 Å². The fourth-order valence-electron chi connectivity index (χ4n) is 2.21. The van der Waals surface area contributed by atoms with E-state index in [9.17, 15) is 18.3 Å². The molecule has 0 bridgehead atoms. The predicted molar refractivity (Wildman–Crippen MR) is 77.9 cm³/mol. The van der Waals surface area contributed by atoms with Crippen LogP contribution in [0.15, 0.2) is 18.2 Å². The summed E-state index contributed by atoms with van der Waals surface area (Å²) in [7, 11) is -0.807. The minimum Gasteiger partial charge on any atom is -0.399 e. The van der Waals surface area contributed by atoms with E-state index in [4.69, 9.17) is 9.31 Å². The number of halogens is 3. The van der Waals surface area contributed by atoms with E-state index in [1.54, 1.807) is 6.92 Å². The van der Waals surface area contributed by atoms with Gasteiger partial charge in [-0.05, 0) is 40.1 Å². The van der Waals surface area contributed by atoms with Gasteiger partial charge in [-0.1, -0.05) is 23.8 Å². The molecule has 1 unspecified atom stereocenters. The Balaban J connectivity index is 2.42. The molecule has 22 heavy (non-hydrogen) atoms. The van der Waals surface area contributed by atoms with Crippen LogP contribution in [0.25, 0.3) is 0 Å². The Morgan fingerprint density at radius 3 is 2.09 bits per heavy atom. The number of hydrogen-bond acceptors (Lipinski definition) is 3. The zero-order valence-corrected chi connectivity index (χ0v) is 13.3. The van der Waals surface area contributed by atoms with Gasteiger partial charge in [0.2, 0.25) is 0 Å². The SMILES string of the molecule is Cc1ccc(C(O)(F)C(F)F)cc1B1OC(C)(C)C(C)(C)O1. The third-order valence-electron chi connectivity index (χ3n) is 4.48. The lowest BCUT2D eigenvalue weighted by Gasteiger charge is -2.32. The average Bonchev–Trinajstić information content (AvgIpc) is 2.58. The van der Waals surface area contributed by atoms with Crippen LogP contribution in [0.5, 0.6) is 0 Å². The first-order valence-electron chi connectivity index (χ1n) is 7.04. The van der Waals surface area contributed by atoms with Gasteiger partial charge in [-0.3, -0.25) is 0 Å². The first kappa shape index (κ1) is 17.3. The van der Waals surface area contributed by atoms with E-state index in [-0.39, 0.29) is 0 Å². The molecule has 1 saturated heterocycles. The molecule has 0 aromatic heterocycles. The third kappa shape index (κ3) is 2.77. The summed E-state index contributed by atoms with van der Waals surface area (Å²) in [5, 5.41) is 9.33.